The lowest BCUT2D eigenvalue weighted by Gasteiger charge is -2.14. The van der Waals surface area contributed by atoms with E-state index in [-0.39, 0.29) is 24.1 Å². The molecular weight excluding hydrogens is 306 g/mol. The molecule has 6 nitrogen and oxygen atoms in total. The summed E-state index contributed by atoms with van der Waals surface area (Å²) in [6.45, 7) is 9.45. The number of pyridine rings is 2. The summed E-state index contributed by atoms with van der Waals surface area (Å²) in [7, 11) is 0. The molecule has 2 aromatic heterocycles. The molecule has 1 amide bonds. The van der Waals surface area contributed by atoms with Gasteiger partial charge in [-0.15, -0.1) is 0 Å². The molecule has 0 aliphatic carbocycles. The van der Waals surface area contributed by atoms with Crippen LogP contribution in [0.25, 0.3) is 0 Å². The van der Waals surface area contributed by atoms with Crippen molar-refractivity contribution >= 4 is 5.91 Å². The summed E-state index contributed by atoms with van der Waals surface area (Å²) in [6.07, 6.45) is 1.52. The van der Waals surface area contributed by atoms with Crippen LogP contribution in [-0.4, -0.2) is 22.0 Å². The first-order chi connectivity index (χ1) is 11.3. The maximum absolute atomic E-state index is 12.5. The molecule has 128 valence electrons. The number of hydrogen-bond donors (Lipinski definition) is 2. The van der Waals surface area contributed by atoms with Gasteiger partial charge in [0.1, 0.15) is 0 Å². The zero-order valence-electron chi connectivity index (χ0n) is 14.7. The van der Waals surface area contributed by atoms with E-state index in [2.05, 4.69) is 15.3 Å². The van der Waals surface area contributed by atoms with Gasteiger partial charge in [0.15, 0.2) is 0 Å². The Morgan fingerprint density at radius 1 is 1.33 bits per heavy atom. The molecule has 0 unspecified atom stereocenters. The van der Waals surface area contributed by atoms with E-state index in [0.29, 0.717) is 22.6 Å². The fraction of sp³-hybridized carbons (Fsp3) is 0.389. The van der Waals surface area contributed by atoms with Gasteiger partial charge in [0.2, 0.25) is 5.88 Å². The van der Waals surface area contributed by atoms with Gasteiger partial charge in [0.25, 0.3) is 11.5 Å². The van der Waals surface area contributed by atoms with Gasteiger partial charge in [-0.25, -0.2) is 4.98 Å². The molecular formula is C18H23N3O3. The summed E-state index contributed by atoms with van der Waals surface area (Å²) in [5.74, 6) is 0.185. The Morgan fingerprint density at radius 3 is 2.67 bits per heavy atom. The fourth-order valence-electron chi connectivity index (χ4n) is 2.47. The van der Waals surface area contributed by atoms with Crippen molar-refractivity contribution in [2.45, 2.75) is 47.3 Å². The van der Waals surface area contributed by atoms with E-state index in [1.807, 2.05) is 33.8 Å². The Labute approximate surface area is 141 Å². The molecule has 0 bridgehead atoms. The molecule has 0 saturated heterocycles. The number of aromatic nitrogens is 2. The molecule has 0 fully saturated rings. The normalized spacial score (nSPS) is 10.8. The average Bonchev–Trinajstić information content (AvgIpc) is 2.47. The van der Waals surface area contributed by atoms with Crippen molar-refractivity contribution in [1.82, 2.24) is 15.3 Å². The minimum atomic E-state index is -0.261. The lowest BCUT2D eigenvalue weighted by molar-refractivity contribution is 0.0949. The summed E-state index contributed by atoms with van der Waals surface area (Å²) in [4.78, 5) is 31.4. The number of hydrogen-bond acceptors (Lipinski definition) is 4. The van der Waals surface area contributed by atoms with Crippen molar-refractivity contribution in [3.05, 3.63) is 56.6 Å². The van der Waals surface area contributed by atoms with E-state index in [9.17, 15) is 9.59 Å². The number of amides is 1. The first kappa shape index (κ1) is 17.7. The summed E-state index contributed by atoms with van der Waals surface area (Å²) < 4.78 is 5.60. The van der Waals surface area contributed by atoms with Crippen LogP contribution in [0, 0.1) is 20.8 Å². The van der Waals surface area contributed by atoms with E-state index in [1.54, 1.807) is 19.2 Å². The number of aromatic amines is 1. The number of carbonyl (C=O) groups excluding carboxylic acids is 1. The Bertz CT molecular complexity index is 810. The smallest absolute Gasteiger partial charge is 0.253 e. The summed E-state index contributed by atoms with van der Waals surface area (Å²) in [5, 5.41) is 2.80. The first-order valence-electron chi connectivity index (χ1n) is 7.89. The number of nitrogens with zero attached hydrogens (tertiary/aromatic N) is 1. The third kappa shape index (κ3) is 4.01. The largest absolute Gasteiger partial charge is 0.475 e. The fourth-order valence-corrected chi connectivity index (χ4v) is 2.47. The van der Waals surface area contributed by atoms with Gasteiger partial charge >= 0.3 is 0 Å². The zero-order chi connectivity index (χ0) is 17.9. The minimum Gasteiger partial charge on any atom is -0.475 e. The highest BCUT2D eigenvalue weighted by atomic mass is 16.5. The molecule has 0 radical (unpaired) electrons. The topological polar surface area (TPSA) is 84.1 Å². The van der Waals surface area contributed by atoms with Crippen LogP contribution in [0.4, 0.5) is 0 Å². The maximum atomic E-state index is 12.5. The monoisotopic (exact) mass is 329 g/mol. The summed E-state index contributed by atoms with van der Waals surface area (Å²) in [6, 6.07) is 3.53. The molecule has 2 N–H and O–H groups in total. The molecule has 0 saturated carbocycles. The highest BCUT2D eigenvalue weighted by molar-refractivity contribution is 5.95. The van der Waals surface area contributed by atoms with Crippen molar-refractivity contribution in [2.75, 3.05) is 0 Å². The van der Waals surface area contributed by atoms with Crippen LogP contribution in [0.15, 0.2) is 23.1 Å². The molecule has 2 rings (SSSR count). The van der Waals surface area contributed by atoms with Crippen LogP contribution in [0.2, 0.25) is 0 Å². The Hall–Kier alpha value is -2.63. The van der Waals surface area contributed by atoms with Gasteiger partial charge in [0, 0.05) is 35.1 Å². The molecule has 0 spiro atoms. The SMILES string of the molecule is Cc1cc(C)c(CNC(=O)c2ccnc(OC(C)C)c2C)c(=O)[nH]1. The first-order valence-corrected chi connectivity index (χ1v) is 7.89. The van der Waals surface area contributed by atoms with Crippen LogP contribution in [0.1, 0.15) is 46.6 Å². The van der Waals surface area contributed by atoms with Crippen molar-refractivity contribution in [1.29, 1.82) is 0 Å². The van der Waals surface area contributed by atoms with E-state index in [4.69, 9.17) is 4.74 Å². The van der Waals surface area contributed by atoms with Gasteiger partial charge in [-0.3, -0.25) is 9.59 Å². The third-order valence-corrected chi connectivity index (χ3v) is 3.67. The predicted molar refractivity (Wildman–Crippen MR) is 92.4 cm³/mol. The van der Waals surface area contributed by atoms with Gasteiger partial charge < -0.3 is 15.0 Å². The number of nitrogens with one attached hydrogen (secondary N) is 2. The second-order valence-electron chi connectivity index (χ2n) is 6.08. The van der Waals surface area contributed by atoms with Gasteiger partial charge in [-0.1, -0.05) is 0 Å². The maximum Gasteiger partial charge on any atom is 0.253 e. The van der Waals surface area contributed by atoms with Crippen LogP contribution < -0.4 is 15.6 Å². The quantitative estimate of drug-likeness (QED) is 0.882. The molecule has 0 atom stereocenters. The van der Waals surface area contributed by atoms with Crippen molar-refractivity contribution < 1.29 is 9.53 Å². The Balaban J connectivity index is 2.18. The summed E-state index contributed by atoms with van der Waals surface area (Å²) in [5.41, 5.74) is 3.20. The highest BCUT2D eigenvalue weighted by Crippen LogP contribution is 2.19. The average molecular weight is 329 g/mol. The lowest BCUT2D eigenvalue weighted by atomic mass is 10.1. The molecule has 2 heterocycles. The standard InChI is InChI=1S/C18H23N3O3/c1-10(2)24-18-13(5)14(6-7-19-18)16(22)20-9-15-11(3)8-12(4)21-17(15)23/h6-8,10H,9H2,1-5H3,(H,20,22)(H,21,23). The van der Waals surface area contributed by atoms with E-state index in [0.717, 1.165) is 11.3 Å². The lowest BCUT2D eigenvalue weighted by Crippen LogP contribution is -2.28. The van der Waals surface area contributed by atoms with Crippen LogP contribution in [0.3, 0.4) is 0 Å². The predicted octanol–water partition coefficient (Wildman–Crippen LogP) is 2.41. The molecule has 0 aliphatic heterocycles. The molecule has 6 heteroatoms. The number of carbonyl (C=O) groups is 1. The molecule has 2 aromatic rings. The number of ether oxygens (including phenoxy) is 1. The van der Waals surface area contributed by atoms with Crippen molar-refractivity contribution in [3.8, 4) is 5.88 Å². The van der Waals surface area contributed by atoms with Gasteiger partial charge in [-0.2, -0.15) is 0 Å². The van der Waals surface area contributed by atoms with E-state index in [1.165, 1.54) is 0 Å². The van der Waals surface area contributed by atoms with Crippen molar-refractivity contribution in [3.63, 3.8) is 0 Å². The minimum absolute atomic E-state index is 0.0247. The third-order valence-electron chi connectivity index (χ3n) is 3.67. The number of aryl methyl sites for hydroxylation is 2. The molecule has 24 heavy (non-hydrogen) atoms. The van der Waals surface area contributed by atoms with Crippen LogP contribution in [-0.2, 0) is 6.54 Å². The Kier molecular flexibility index (Phi) is 5.39. The van der Waals surface area contributed by atoms with Gasteiger partial charge in [0.05, 0.1) is 6.10 Å². The summed E-state index contributed by atoms with van der Waals surface area (Å²) >= 11 is 0. The zero-order valence-corrected chi connectivity index (χ0v) is 14.7. The van der Waals surface area contributed by atoms with Crippen molar-refractivity contribution in [2.24, 2.45) is 0 Å². The second-order valence-corrected chi connectivity index (χ2v) is 6.08. The Morgan fingerprint density at radius 2 is 2.04 bits per heavy atom. The van der Waals surface area contributed by atoms with Gasteiger partial charge in [-0.05, 0) is 52.3 Å². The van der Waals surface area contributed by atoms with E-state index >= 15 is 0 Å². The second kappa shape index (κ2) is 7.29. The molecule has 0 aliphatic rings. The molecule has 0 aromatic carbocycles. The number of rotatable bonds is 5. The highest BCUT2D eigenvalue weighted by Gasteiger charge is 2.15. The van der Waals surface area contributed by atoms with E-state index < -0.39 is 0 Å². The number of H-pyrrole nitrogens is 1. The van der Waals surface area contributed by atoms with Crippen LogP contribution in [0.5, 0.6) is 5.88 Å². The van der Waals surface area contributed by atoms with Crippen LogP contribution >= 0.6 is 0 Å².